The maximum absolute atomic E-state index is 3.62. The fourth-order valence-corrected chi connectivity index (χ4v) is 3.74. The van der Waals surface area contributed by atoms with Crippen molar-refractivity contribution in [3.63, 3.8) is 0 Å². The van der Waals surface area contributed by atoms with Crippen molar-refractivity contribution in [2.24, 2.45) is 5.92 Å². The molecule has 27 heavy (non-hydrogen) atoms. The molecule has 0 spiro atoms. The standard InChI is InChI=1S/C21H19.C3H6.2ClH.Hf/c1-14(2)20-13-16-8-4-6-10-18(16)21(20)19-12-11-15-7-3-5-9-17(15)19;1-3-2;;;/h3-11,13-14,19,21H,1-2H3;1-3H2;2*1H;/q-1;-2;;;/p-2. The number of fused-ring (bicyclic) bond motifs is 2. The third-order valence-corrected chi connectivity index (χ3v) is 4.76. The van der Waals surface area contributed by atoms with Gasteiger partial charge < -0.3 is 45.1 Å². The summed E-state index contributed by atoms with van der Waals surface area (Å²) in [6, 6.07) is 17.5. The van der Waals surface area contributed by atoms with Crippen LogP contribution in [0.3, 0.4) is 0 Å². The molecule has 0 N–H and O–H groups in total. The molecule has 3 heteroatoms. The third kappa shape index (κ3) is 5.46. The number of allylic oxidation sites excluding steroid dienone is 2. The van der Waals surface area contributed by atoms with Crippen LogP contribution in [0, 0.1) is 25.8 Å². The van der Waals surface area contributed by atoms with Crippen LogP contribution >= 0.6 is 0 Å². The molecule has 0 heterocycles. The Morgan fingerprint density at radius 2 is 1.41 bits per heavy atom. The van der Waals surface area contributed by atoms with Crippen LogP contribution in [0.4, 0.5) is 0 Å². The number of hydrogen-bond acceptors (Lipinski definition) is 0. The van der Waals surface area contributed by atoms with Gasteiger partial charge in [-0.15, -0.1) is 11.6 Å². The van der Waals surface area contributed by atoms with E-state index in [9.17, 15) is 0 Å². The van der Waals surface area contributed by atoms with Crippen molar-refractivity contribution in [3.8, 4) is 0 Å². The van der Waals surface area contributed by atoms with Crippen LogP contribution in [0.2, 0.25) is 0 Å². The first-order valence-corrected chi connectivity index (χ1v) is 8.74. The first-order chi connectivity index (χ1) is 11.7. The Morgan fingerprint density at radius 3 is 2.00 bits per heavy atom. The molecule has 4 rings (SSSR count). The molecule has 2 aromatic carbocycles. The van der Waals surface area contributed by atoms with E-state index in [0.717, 1.165) is 6.42 Å². The molecule has 0 saturated heterocycles. The molecule has 0 bridgehead atoms. The molecule has 2 aromatic rings. The van der Waals surface area contributed by atoms with Gasteiger partial charge in [-0.05, 0) is 23.0 Å². The largest absolute Gasteiger partial charge is 1.00 e. The van der Waals surface area contributed by atoms with E-state index >= 15 is 0 Å². The molecule has 0 aliphatic heterocycles. The molecular weight excluding hydrogens is 538 g/mol. The van der Waals surface area contributed by atoms with E-state index in [0.29, 0.717) is 17.8 Å². The minimum Gasteiger partial charge on any atom is -1.00 e. The molecular formula is C24H25Cl2Hf-5. The zero-order chi connectivity index (χ0) is 17.1. The zero-order valence-corrected chi connectivity index (χ0v) is 21.0. The van der Waals surface area contributed by atoms with E-state index < -0.39 is 0 Å². The molecule has 0 nitrogen and oxygen atoms in total. The van der Waals surface area contributed by atoms with Crippen molar-refractivity contribution in [1.82, 2.24) is 0 Å². The summed E-state index contributed by atoms with van der Waals surface area (Å²) in [4.78, 5) is 0. The average molecular weight is 563 g/mol. The predicted octanol–water partition coefficient (Wildman–Crippen LogP) is 0.487. The Labute approximate surface area is 196 Å². The van der Waals surface area contributed by atoms with E-state index in [1.54, 1.807) is 5.57 Å². The molecule has 0 radical (unpaired) electrons. The maximum Gasteiger partial charge on any atom is 0 e. The van der Waals surface area contributed by atoms with E-state index in [-0.39, 0.29) is 50.7 Å². The summed E-state index contributed by atoms with van der Waals surface area (Å²) in [5.41, 5.74) is 7.14. The van der Waals surface area contributed by atoms with Crippen molar-refractivity contribution < 1.29 is 50.7 Å². The number of benzene rings is 2. The van der Waals surface area contributed by atoms with Gasteiger partial charge >= 0.3 is 0 Å². The van der Waals surface area contributed by atoms with Crippen LogP contribution in [0.1, 0.15) is 54.4 Å². The maximum atomic E-state index is 3.62. The Morgan fingerprint density at radius 1 is 0.889 bits per heavy atom. The summed E-state index contributed by atoms with van der Waals surface area (Å²) in [5.74, 6) is 1.37. The summed E-state index contributed by atoms with van der Waals surface area (Å²) in [7, 11) is 0. The van der Waals surface area contributed by atoms with Crippen molar-refractivity contribution >= 4 is 12.2 Å². The molecule has 0 fully saturated rings. The van der Waals surface area contributed by atoms with Gasteiger partial charge in [0.05, 0.1) is 0 Å². The number of hydrogen-bond donors (Lipinski definition) is 0. The van der Waals surface area contributed by atoms with Crippen LogP contribution in [0.25, 0.3) is 12.2 Å². The second-order valence-electron chi connectivity index (χ2n) is 6.68. The van der Waals surface area contributed by atoms with E-state index in [1.807, 2.05) is 0 Å². The predicted molar refractivity (Wildman–Crippen MR) is 104 cm³/mol. The van der Waals surface area contributed by atoms with E-state index in [2.05, 4.69) is 94.5 Å². The summed E-state index contributed by atoms with van der Waals surface area (Å²) in [6.07, 6.45) is 8.94. The molecule has 0 amide bonds. The molecule has 2 atom stereocenters. The zero-order valence-electron chi connectivity index (χ0n) is 15.9. The van der Waals surface area contributed by atoms with E-state index in [4.69, 9.17) is 0 Å². The third-order valence-electron chi connectivity index (χ3n) is 4.76. The van der Waals surface area contributed by atoms with Gasteiger partial charge in [-0.1, -0.05) is 73.9 Å². The summed E-state index contributed by atoms with van der Waals surface area (Å²) >= 11 is 0. The van der Waals surface area contributed by atoms with Gasteiger partial charge in [0.1, 0.15) is 0 Å². The van der Waals surface area contributed by atoms with Crippen LogP contribution in [0.15, 0.2) is 54.1 Å². The number of rotatable bonds is 2. The Hall–Kier alpha value is -0.630. The van der Waals surface area contributed by atoms with Gasteiger partial charge in [-0.3, -0.25) is 6.08 Å². The van der Waals surface area contributed by atoms with Crippen molar-refractivity contribution in [3.05, 3.63) is 96.3 Å². The Balaban J connectivity index is 0.00000106. The van der Waals surface area contributed by atoms with Gasteiger partial charge in [0.2, 0.25) is 0 Å². The van der Waals surface area contributed by atoms with Gasteiger partial charge in [0.25, 0.3) is 0 Å². The minimum absolute atomic E-state index is 0. The van der Waals surface area contributed by atoms with Crippen molar-refractivity contribution in [1.29, 1.82) is 0 Å². The van der Waals surface area contributed by atoms with Crippen molar-refractivity contribution in [2.75, 3.05) is 0 Å². The number of halogens is 2. The molecule has 2 aliphatic rings. The summed E-state index contributed by atoms with van der Waals surface area (Å²) in [6.45, 7) is 11.4. The topological polar surface area (TPSA) is 0 Å². The SMILES string of the molecule is CC(C)C1=Cc2ccccc2C1C1[C-]=Cc2ccccc21.[CH2-]C[CH2-].[Cl-].[Cl-].[Hf]. The van der Waals surface area contributed by atoms with Gasteiger partial charge in [-0.2, -0.15) is 5.56 Å². The first kappa shape index (κ1) is 26.4. The molecule has 0 aromatic heterocycles. The smallest absolute Gasteiger partial charge is 0 e. The second-order valence-corrected chi connectivity index (χ2v) is 6.68. The molecule has 144 valence electrons. The fourth-order valence-electron chi connectivity index (χ4n) is 3.74. The minimum atomic E-state index is 0. The Kier molecular flexibility index (Phi) is 11.8. The summed E-state index contributed by atoms with van der Waals surface area (Å²) in [5, 5.41) is 0. The summed E-state index contributed by atoms with van der Waals surface area (Å²) < 4.78 is 0. The molecule has 2 unspecified atom stereocenters. The van der Waals surface area contributed by atoms with Gasteiger partial charge in [0.15, 0.2) is 0 Å². The van der Waals surface area contributed by atoms with Crippen LogP contribution < -0.4 is 24.8 Å². The fraction of sp³-hybridized carbons (Fsp3) is 0.250. The van der Waals surface area contributed by atoms with Crippen molar-refractivity contribution in [2.45, 2.75) is 32.1 Å². The van der Waals surface area contributed by atoms with E-state index in [1.165, 1.54) is 22.3 Å². The molecule has 0 saturated carbocycles. The Bertz CT molecular complexity index is 777. The van der Waals surface area contributed by atoms with Gasteiger partial charge in [-0.25, -0.2) is 6.08 Å². The second kappa shape index (κ2) is 12.0. The van der Waals surface area contributed by atoms with Crippen LogP contribution in [-0.2, 0) is 25.8 Å². The average Bonchev–Trinajstić information content (AvgIpc) is 3.16. The van der Waals surface area contributed by atoms with Crippen LogP contribution in [-0.4, -0.2) is 0 Å². The first-order valence-electron chi connectivity index (χ1n) is 8.74. The monoisotopic (exact) mass is 563 g/mol. The van der Waals surface area contributed by atoms with Gasteiger partial charge in [0, 0.05) is 25.8 Å². The molecule has 2 aliphatic carbocycles. The van der Waals surface area contributed by atoms with Crippen LogP contribution in [0.5, 0.6) is 0 Å². The normalized spacial score (nSPS) is 18.0. The quantitative estimate of drug-likeness (QED) is 0.369.